The number of amides is 2. The number of nitrogens with one attached hydrogen (secondary N) is 2. The molecular formula is C13H17IN2O3. The first kappa shape index (κ1) is 15.7. The van der Waals surface area contributed by atoms with Crippen LogP contribution in [0.1, 0.15) is 20.8 Å². The number of carbonyl (C=O) groups is 2. The summed E-state index contributed by atoms with van der Waals surface area (Å²) in [6, 6.07) is 5.79. The average molecular weight is 376 g/mol. The Morgan fingerprint density at radius 3 is 2.42 bits per heavy atom. The molecule has 0 saturated carbocycles. The van der Waals surface area contributed by atoms with Gasteiger partial charge in [0.25, 0.3) is 0 Å². The normalized spacial score (nSPS) is 12.6. The second-order valence-electron chi connectivity index (χ2n) is 5.25. The Hall–Kier alpha value is -1.31. The smallest absolute Gasteiger partial charge is 0.326 e. The van der Waals surface area contributed by atoms with Crippen molar-refractivity contribution < 1.29 is 14.7 Å². The number of anilines is 1. The molecule has 0 spiro atoms. The monoisotopic (exact) mass is 376 g/mol. The zero-order valence-corrected chi connectivity index (χ0v) is 13.2. The zero-order valence-electron chi connectivity index (χ0n) is 11.0. The lowest BCUT2D eigenvalue weighted by Gasteiger charge is -2.27. The third-order valence-electron chi connectivity index (χ3n) is 2.47. The first-order valence-corrected chi connectivity index (χ1v) is 6.84. The summed E-state index contributed by atoms with van der Waals surface area (Å²) >= 11 is 2.14. The van der Waals surface area contributed by atoms with Crippen molar-refractivity contribution in [3.63, 3.8) is 0 Å². The van der Waals surface area contributed by atoms with Gasteiger partial charge in [-0.1, -0.05) is 26.8 Å². The largest absolute Gasteiger partial charge is 0.480 e. The summed E-state index contributed by atoms with van der Waals surface area (Å²) in [7, 11) is 0. The van der Waals surface area contributed by atoms with Gasteiger partial charge in [0, 0.05) is 9.26 Å². The first-order valence-electron chi connectivity index (χ1n) is 5.76. The minimum atomic E-state index is -1.05. The molecule has 0 saturated heterocycles. The highest BCUT2D eigenvalue weighted by molar-refractivity contribution is 14.1. The predicted molar refractivity (Wildman–Crippen MR) is 82.2 cm³/mol. The van der Waals surface area contributed by atoms with E-state index >= 15 is 0 Å². The van der Waals surface area contributed by atoms with E-state index in [1.54, 1.807) is 32.9 Å². The van der Waals surface area contributed by atoms with Crippen LogP contribution in [0.5, 0.6) is 0 Å². The van der Waals surface area contributed by atoms with Crippen LogP contribution in [0.3, 0.4) is 0 Å². The molecular weight excluding hydrogens is 359 g/mol. The molecule has 6 heteroatoms. The Bertz CT molecular complexity index is 483. The van der Waals surface area contributed by atoms with Gasteiger partial charge < -0.3 is 15.7 Å². The topological polar surface area (TPSA) is 78.4 Å². The number of carboxylic acids is 1. The van der Waals surface area contributed by atoms with Crippen molar-refractivity contribution >= 4 is 40.3 Å². The number of rotatable bonds is 3. The Morgan fingerprint density at radius 2 is 1.95 bits per heavy atom. The second kappa shape index (κ2) is 6.23. The van der Waals surface area contributed by atoms with Gasteiger partial charge in [-0.15, -0.1) is 0 Å². The Balaban J connectivity index is 2.71. The molecule has 1 atom stereocenters. The molecule has 0 fully saturated rings. The van der Waals surface area contributed by atoms with Gasteiger partial charge in [-0.05, 0) is 46.2 Å². The van der Waals surface area contributed by atoms with Crippen LogP contribution < -0.4 is 10.6 Å². The molecule has 0 aliphatic heterocycles. The molecule has 3 N–H and O–H groups in total. The number of aliphatic carboxylic acids is 1. The fraction of sp³-hybridized carbons (Fsp3) is 0.385. The molecule has 1 aromatic rings. The minimum absolute atomic E-state index is 0.524. The molecule has 0 aromatic heterocycles. The molecule has 1 aromatic carbocycles. The van der Waals surface area contributed by atoms with Crippen LogP contribution in [0.25, 0.3) is 0 Å². The summed E-state index contributed by atoms with van der Waals surface area (Å²) in [6.07, 6.45) is 0. The van der Waals surface area contributed by atoms with E-state index in [1.165, 1.54) is 0 Å². The van der Waals surface area contributed by atoms with Crippen molar-refractivity contribution in [3.8, 4) is 0 Å². The number of urea groups is 1. The first-order chi connectivity index (χ1) is 8.70. The summed E-state index contributed by atoms with van der Waals surface area (Å²) in [5, 5.41) is 14.2. The highest BCUT2D eigenvalue weighted by Gasteiger charge is 2.32. The van der Waals surface area contributed by atoms with E-state index in [9.17, 15) is 9.59 Å². The highest BCUT2D eigenvalue weighted by Crippen LogP contribution is 2.19. The number of hydrogen-bond acceptors (Lipinski definition) is 2. The summed E-state index contributed by atoms with van der Waals surface area (Å²) in [5.74, 6) is -1.05. The summed E-state index contributed by atoms with van der Waals surface area (Å²) in [6.45, 7) is 5.28. The fourth-order valence-corrected chi connectivity index (χ4v) is 2.06. The molecule has 2 amide bonds. The van der Waals surface area contributed by atoms with Gasteiger partial charge >= 0.3 is 12.0 Å². The maximum atomic E-state index is 11.8. The van der Waals surface area contributed by atoms with Gasteiger partial charge in [-0.3, -0.25) is 0 Å². The van der Waals surface area contributed by atoms with Gasteiger partial charge in [-0.2, -0.15) is 0 Å². The average Bonchev–Trinajstić information content (AvgIpc) is 2.24. The zero-order chi connectivity index (χ0) is 14.6. The van der Waals surface area contributed by atoms with Crippen LogP contribution in [0.2, 0.25) is 0 Å². The van der Waals surface area contributed by atoms with Gasteiger partial charge in [0.05, 0.1) is 0 Å². The Labute approximate surface area is 125 Å². The Kier molecular flexibility index (Phi) is 5.16. The lowest BCUT2D eigenvalue weighted by Crippen LogP contribution is -2.50. The molecule has 1 unspecified atom stereocenters. The SMILES string of the molecule is CC(C)(C)C(NC(=O)Nc1cccc(I)c1)C(=O)O. The van der Waals surface area contributed by atoms with E-state index in [4.69, 9.17) is 5.11 Å². The van der Waals surface area contributed by atoms with Crippen molar-refractivity contribution in [2.24, 2.45) is 5.41 Å². The van der Waals surface area contributed by atoms with E-state index in [-0.39, 0.29) is 0 Å². The van der Waals surface area contributed by atoms with E-state index in [2.05, 4.69) is 33.2 Å². The third-order valence-corrected chi connectivity index (χ3v) is 3.14. The van der Waals surface area contributed by atoms with E-state index in [0.29, 0.717) is 5.69 Å². The van der Waals surface area contributed by atoms with Crippen molar-refractivity contribution in [2.75, 3.05) is 5.32 Å². The summed E-state index contributed by atoms with van der Waals surface area (Å²) in [5.41, 5.74) is 0.0660. The third kappa shape index (κ3) is 5.06. The molecule has 5 nitrogen and oxygen atoms in total. The molecule has 0 aliphatic rings. The van der Waals surface area contributed by atoms with Crippen molar-refractivity contribution in [1.29, 1.82) is 0 Å². The highest BCUT2D eigenvalue weighted by atomic mass is 127. The van der Waals surface area contributed by atoms with Crippen molar-refractivity contribution in [2.45, 2.75) is 26.8 Å². The predicted octanol–water partition coefficient (Wildman–Crippen LogP) is 2.91. The lowest BCUT2D eigenvalue weighted by molar-refractivity contribution is -0.141. The minimum Gasteiger partial charge on any atom is -0.480 e. The second-order valence-corrected chi connectivity index (χ2v) is 6.49. The van der Waals surface area contributed by atoms with Gasteiger partial charge in [0.15, 0.2) is 0 Å². The van der Waals surface area contributed by atoms with Gasteiger partial charge in [0.1, 0.15) is 6.04 Å². The van der Waals surface area contributed by atoms with Crippen LogP contribution in [0, 0.1) is 8.99 Å². The van der Waals surface area contributed by atoms with Crippen LogP contribution in [-0.2, 0) is 4.79 Å². The van der Waals surface area contributed by atoms with E-state index < -0.39 is 23.5 Å². The van der Waals surface area contributed by atoms with Crippen LogP contribution in [0.4, 0.5) is 10.5 Å². The molecule has 1 rings (SSSR count). The maximum Gasteiger partial charge on any atom is 0.326 e. The van der Waals surface area contributed by atoms with Gasteiger partial charge in [-0.25, -0.2) is 9.59 Å². The number of carbonyl (C=O) groups excluding carboxylic acids is 1. The Morgan fingerprint density at radius 1 is 1.32 bits per heavy atom. The van der Waals surface area contributed by atoms with E-state index in [1.807, 2.05) is 12.1 Å². The van der Waals surface area contributed by atoms with Crippen LogP contribution in [0.15, 0.2) is 24.3 Å². The fourth-order valence-electron chi connectivity index (χ4n) is 1.51. The number of hydrogen-bond donors (Lipinski definition) is 3. The molecule has 19 heavy (non-hydrogen) atoms. The van der Waals surface area contributed by atoms with Crippen molar-refractivity contribution in [3.05, 3.63) is 27.8 Å². The van der Waals surface area contributed by atoms with Crippen molar-refractivity contribution in [1.82, 2.24) is 5.32 Å². The molecule has 104 valence electrons. The van der Waals surface area contributed by atoms with Crippen LogP contribution >= 0.6 is 22.6 Å². The standard InChI is InChI=1S/C13H17IN2O3/c1-13(2,3)10(11(17)18)16-12(19)15-9-6-4-5-8(14)7-9/h4-7,10H,1-3H3,(H,17,18)(H2,15,16,19). The molecule has 0 bridgehead atoms. The number of halogens is 1. The van der Waals surface area contributed by atoms with Gasteiger partial charge in [0.2, 0.25) is 0 Å². The molecule has 0 heterocycles. The molecule has 0 aliphatic carbocycles. The summed E-state index contributed by atoms with van der Waals surface area (Å²) < 4.78 is 0.987. The summed E-state index contributed by atoms with van der Waals surface area (Å²) in [4.78, 5) is 22.9. The van der Waals surface area contributed by atoms with E-state index in [0.717, 1.165) is 3.57 Å². The maximum absolute atomic E-state index is 11.8. The lowest BCUT2D eigenvalue weighted by atomic mass is 9.87. The van der Waals surface area contributed by atoms with Crippen LogP contribution in [-0.4, -0.2) is 23.1 Å². The molecule has 0 radical (unpaired) electrons. The number of carboxylic acid groups (broad SMARTS) is 1. The quantitative estimate of drug-likeness (QED) is 0.710. The number of benzene rings is 1.